The highest BCUT2D eigenvalue weighted by Crippen LogP contribution is 2.22. The van der Waals surface area contributed by atoms with Crippen molar-refractivity contribution >= 4 is 34.4 Å². The molecule has 8 heteroatoms. The van der Waals surface area contributed by atoms with Crippen LogP contribution in [0.5, 0.6) is 0 Å². The Morgan fingerprint density at radius 2 is 1.96 bits per heavy atom. The van der Waals surface area contributed by atoms with Gasteiger partial charge >= 0.3 is 0 Å². The molecule has 0 aliphatic rings. The molecule has 26 heavy (non-hydrogen) atoms. The summed E-state index contributed by atoms with van der Waals surface area (Å²) in [7, 11) is 1.87. The van der Waals surface area contributed by atoms with Crippen molar-refractivity contribution in [2.45, 2.75) is 19.9 Å². The van der Waals surface area contributed by atoms with E-state index in [9.17, 15) is 0 Å². The summed E-state index contributed by atoms with van der Waals surface area (Å²) in [6, 6.07) is 7.74. The van der Waals surface area contributed by atoms with Crippen molar-refractivity contribution < 1.29 is 4.74 Å². The third-order valence-electron chi connectivity index (χ3n) is 3.92. The summed E-state index contributed by atoms with van der Waals surface area (Å²) >= 11 is 5.94. The number of rotatable bonds is 9. The number of nitrogens with one attached hydrogen (secondary N) is 2. The Balaban J connectivity index is 1.73. The van der Waals surface area contributed by atoms with Crippen LogP contribution in [0, 0.1) is 0 Å². The van der Waals surface area contributed by atoms with E-state index in [4.69, 9.17) is 16.3 Å². The number of aryl methyl sites for hydroxylation is 1. The zero-order valence-corrected chi connectivity index (χ0v) is 15.8. The monoisotopic (exact) mass is 374 g/mol. The topological polar surface area (TPSA) is 76.9 Å². The minimum Gasteiger partial charge on any atom is -0.382 e. The van der Waals surface area contributed by atoms with E-state index in [0.29, 0.717) is 12.5 Å². The van der Waals surface area contributed by atoms with Gasteiger partial charge < -0.3 is 15.4 Å². The average Bonchev–Trinajstić information content (AvgIpc) is 3.02. The van der Waals surface area contributed by atoms with Crippen LogP contribution in [0.1, 0.15) is 18.9 Å². The van der Waals surface area contributed by atoms with Gasteiger partial charge in [-0.05, 0) is 31.0 Å². The molecule has 0 amide bonds. The van der Waals surface area contributed by atoms with Gasteiger partial charge in [0.2, 0.25) is 5.95 Å². The lowest BCUT2D eigenvalue weighted by atomic mass is 10.2. The molecule has 0 spiro atoms. The highest BCUT2D eigenvalue weighted by atomic mass is 35.5. The van der Waals surface area contributed by atoms with Crippen LogP contribution in [-0.4, -0.2) is 39.5 Å². The lowest BCUT2D eigenvalue weighted by Gasteiger charge is -2.10. The van der Waals surface area contributed by atoms with Crippen LogP contribution < -0.4 is 10.6 Å². The second kappa shape index (κ2) is 8.82. The van der Waals surface area contributed by atoms with Crippen molar-refractivity contribution in [3.8, 4) is 0 Å². The van der Waals surface area contributed by atoms with Crippen LogP contribution in [-0.2, 0) is 18.3 Å². The number of anilines is 2. The van der Waals surface area contributed by atoms with Gasteiger partial charge in [-0.15, -0.1) is 0 Å². The second-order valence-corrected chi connectivity index (χ2v) is 6.29. The minimum absolute atomic E-state index is 0.580. The molecule has 0 bridgehead atoms. The van der Waals surface area contributed by atoms with E-state index in [1.165, 1.54) is 0 Å². The molecule has 2 aromatic heterocycles. The molecular weight excluding hydrogens is 352 g/mol. The second-order valence-electron chi connectivity index (χ2n) is 5.86. The Morgan fingerprint density at radius 1 is 1.15 bits per heavy atom. The van der Waals surface area contributed by atoms with Crippen LogP contribution in [0.4, 0.5) is 11.8 Å². The van der Waals surface area contributed by atoms with E-state index in [1.54, 1.807) is 10.9 Å². The van der Waals surface area contributed by atoms with E-state index in [-0.39, 0.29) is 0 Å². The smallest absolute Gasteiger partial charge is 0.226 e. The molecule has 2 N–H and O–H groups in total. The number of halogens is 1. The molecule has 0 aliphatic carbocycles. The minimum atomic E-state index is 0.580. The molecule has 0 fully saturated rings. The maximum atomic E-state index is 5.94. The number of hydrogen-bond acceptors (Lipinski definition) is 6. The molecule has 138 valence electrons. The predicted molar refractivity (Wildman–Crippen MR) is 105 cm³/mol. The van der Waals surface area contributed by atoms with E-state index >= 15 is 0 Å². The average molecular weight is 375 g/mol. The molecular formula is C18H23ClN6O. The first-order chi connectivity index (χ1) is 12.7. The number of nitrogens with zero attached hydrogens (tertiary/aromatic N) is 4. The summed E-state index contributed by atoms with van der Waals surface area (Å²) in [4.78, 5) is 9.17. The number of benzene rings is 1. The van der Waals surface area contributed by atoms with Gasteiger partial charge in [0, 0.05) is 38.4 Å². The van der Waals surface area contributed by atoms with Crippen LogP contribution in [0.15, 0.2) is 30.5 Å². The van der Waals surface area contributed by atoms with Gasteiger partial charge in [-0.1, -0.05) is 23.7 Å². The Kier molecular flexibility index (Phi) is 6.25. The molecule has 3 rings (SSSR count). The summed E-state index contributed by atoms with van der Waals surface area (Å²) in [5, 5.41) is 12.5. The van der Waals surface area contributed by atoms with E-state index in [1.807, 2.05) is 38.2 Å². The maximum Gasteiger partial charge on any atom is 0.226 e. The third kappa shape index (κ3) is 4.62. The number of ether oxygens (including phenoxy) is 1. The quantitative estimate of drug-likeness (QED) is 0.558. The first-order valence-corrected chi connectivity index (χ1v) is 9.05. The first kappa shape index (κ1) is 18.4. The normalized spacial score (nSPS) is 11.0. The summed E-state index contributed by atoms with van der Waals surface area (Å²) < 4.78 is 7.10. The van der Waals surface area contributed by atoms with Crippen molar-refractivity contribution in [1.29, 1.82) is 0 Å². The van der Waals surface area contributed by atoms with Crippen molar-refractivity contribution in [3.63, 3.8) is 0 Å². The lowest BCUT2D eigenvalue weighted by Crippen LogP contribution is -2.11. The molecule has 0 radical (unpaired) electrons. The van der Waals surface area contributed by atoms with Crippen molar-refractivity contribution in [2.75, 3.05) is 30.4 Å². The van der Waals surface area contributed by atoms with Crippen LogP contribution >= 0.6 is 11.6 Å². The Bertz CT molecular complexity index is 849. The zero-order valence-electron chi connectivity index (χ0n) is 15.0. The third-order valence-corrected chi connectivity index (χ3v) is 4.17. The molecule has 0 saturated carbocycles. The molecule has 2 heterocycles. The summed E-state index contributed by atoms with van der Waals surface area (Å²) in [5.74, 6) is 1.33. The SMILES string of the molecule is CCOCCCNc1nc(NCc2ccc(Cl)cc2)c2cnn(C)c2n1. The van der Waals surface area contributed by atoms with E-state index in [2.05, 4.69) is 25.7 Å². The van der Waals surface area contributed by atoms with Gasteiger partial charge in [0.15, 0.2) is 5.65 Å². The largest absolute Gasteiger partial charge is 0.382 e. The zero-order chi connectivity index (χ0) is 18.4. The van der Waals surface area contributed by atoms with E-state index in [0.717, 1.165) is 53.6 Å². The van der Waals surface area contributed by atoms with Gasteiger partial charge in [0.25, 0.3) is 0 Å². The Labute approximate surface area is 157 Å². The van der Waals surface area contributed by atoms with Gasteiger partial charge in [-0.2, -0.15) is 15.1 Å². The maximum absolute atomic E-state index is 5.94. The van der Waals surface area contributed by atoms with E-state index < -0.39 is 0 Å². The number of aromatic nitrogens is 4. The highest BCUT2D eigenvalue weighted by Gasteiger charge is 2.11. The highest BCUT2D eigenvalue weighted by molar-refractivity contribution is 6.30. The summed E-state index contributed by atoms with van der Waals surface area (Å²) in [6.07, 6.45) is 2.67. The lowest BCUT2D eigenvalue weighted by molar-refractivity contribution is 0.147. The van der Waals surface area contributed by atoms with Crippen molar-refractivity contribution in [3.05, 3.63) is 41.0 Å². The molecule has 0 aliphatic heterocycles. The van der Waals surface area contributed by atoms with Gasteiger partial charge in [0.1, 0.15) is 5.82 Å². The summed E-state index contributed by atoms with van der Waals surface area (Å²) in [6.45, 7) is 4.84. The number of fused-ring (bicyclic) bond motifs is 1. The fourth-order valence-corrected chi connectivity index (χ4v) is 2.67. The van der Waals surface area contributed by atoms with Crippen LogP contribution in [0.2, 0.25) is 5.02 Å². The molecule has 1 aromatic carbocycles. The number of hydrogen-bond donors (Lipinski definition) is 2. The van der Waals surface area contributed by atoms with Crippen molar-refractivity contribution in [2.24, 2.45) is 7.05 Å². The van der Waals surface area contributed by atoms with Gasteiger partial charge in [-0.25, -0.2) is 0 Å². The molecule has 3 aromatic rings. The Hall–Kier alpha value is -2.38. The van der Waals surface area contributed by atoms with Gasteiger partial charge in [-0.3, -0.25) is 4.68 Å². The molecule has 0 saturated heterocycles. The van der Waals surface area contributed by atoms with Gasteiger partial charge in [0.05, 0.1) is 11.6 Å². The Morgan fingerprint density at radius 3 is 2.73 bits per heavy atom. The molecule has 7 nitrogen and oxygen atoms in total. The molecule has 0 unspecified atom stereocenters. The molecule has 0 atom stereocenters. The standard InChI is InChI=1S/C18H23ClN6O/c1-3-26-10-4-9-20-18-23-16(15-12-22-25(2)17(15)24-18)21-11-13-5-7-14(19)8-6-13/h5-8,12H,3-4,9-11H2,1-2H3,(H2,20,21,23,24). The van der Waals surface area contributed by atoms with Crippen LogP contribution in [0.25, 0.3) is 11.0 Å². The first-order valence-electron chi connectivity index (χ1n) is 8.67. The predicted octanol–water partition coefficient (Wildman–Crippen LogP) is 3.47. The van der Waals surface area contributed by atoms with Crippen LogP contribution in [0.3, 0.4) is 0 Å². The van der Waals surface area contributed by atoms with Crippen molar-refractivity contribution in [1.82, 2.24) is 19.7 Å². The summed E-state index contributed by atoms with van der Waals surface area (Å²) in [5.41, 5.74) is 1.90. The fourth-order valence-electron chi connectivity index (χ4n) is 2.54. The fraction of sp³-hybridized carbons (Fsp3) is 0.389.